The van der Waals surface area contributed by atoms with Crippen LogP contribution >= 0.6 is 0 Å². The van der Waals surface area contributed by atoms with Crippen LogP contribution < -0.4 is 5.43 Å². The van der Waals surface area contributed by atoms with Crippen molar-refractivity contribution in [3.63, 3.8) is 0 Å². The Morgan fingerprint density at radius 1 is 0.909 bits per heavy atom. The van der Waals surface area contributed by atoms with E-state index in [0.717, 1.165) is 17.7 Å². The average molecular weight is 303 g/mol. The maximum Gasteiger partial charge on any atom is 0.181 e. The molecular weight excluding hydrogens is 274 g/mol. The van der Waals surface area contributed by atoms with Crippen molar-refractivity contribution in [2.24, 2.45) is 0 Å². The zero-order chi connectivity index (χ0) is 15.5. The monoisotopic (exact) mass is 303 g/mol. The molecular formula is C17H29N5. The van der Waals surface area contributed by atoms with E-state index in [9.17, 15) is 0 Å². The molecule has 0 aliphatic heterocycles. The third kappa shape index (κ3) is 5.62. The number of nitrogens with one attached hydrogen (secondary N) is 1. The predicted molar refractivity (Wildman–Crippen MR) is 91.4 cm³/mol. The normalized spacial score (nSPS) is 11.1. The van der Waals surface area contributed by atoms with Crippen LogP contribution in [0.25, 0.3) is 11.2 Å². The van der Waals surface area contributed by atoms with E-state index < -0.39 is 0 Å². The van der Waals surface area contributed by atoms with Crippen molar-refractivity contribution < 1.29 is 0 Å². The Labute approximate surface area is 133 Å². The summed E-state index contributed by atoms with van der Waals surface area (Å²) in [6, 6.07) is 0. The quantitative estimate of drug-likeness (QED) is 0.594. The molecule has 0 unspecified atom stereocenters. The molecule has 1 N–H and O–H groups in total. The smallest absolute Gasteiger partial charge is 0.181 e. The summed E-state index contributed by atoms with van der Waals surface area (Å²) in [7, 11) is 0. The molecule has 2 heterocycles. The molecule has 0 bridgehead atoms. The summed E-state index contributed by atoms with van der Waals surface area (Å²) in [6.45, 7) is 3.24. The van der Waals surface area contributed by atoms with Crippen molar-refractivity contribution in [2.45, 2.75) is 71.1 Å². The third-order valence-corrected chi connectivity index (χ3v) is 4.03. The Balaban J connectivity index is 1.48. The summed E-state index contributed by atoms with van der Waals surface area (Å²) in [5.74, 6) is 0. The molecule has 0 aliphatic rings. The van der Waals surface area contributed by atoms with Gasteiger partial charge in [-0.2, -0.15) is 0 Å². The van der Waals surface area contributed by atoms with Crippen molar-refractivity contribution in [3.05, 3.63) is 18.9 Å². The minimum atomic E-state index is 0.832. The number of rotatable bonds is 12. The van der Waals surface area contributed by atoms with Gasteiger partial charge in [0.25, 0.3) is 0 Å². The lowest BCUT2D eigenvalue weighted by Gasteiger charge is -2.07. The third-order valence-electron chi connectivity index (χ3n) is 4.03. The van der Waals surface area contributed by atoms with Gasteiger partial charge in [-0.1, -0.05) is 64.7 Å². The number of fused-ring (bicyclic) bond motifs is 1. The van der Waals surface area contributed by atoms with Crippen LogP contribution in [0.15, 0.2) is 18.9 Å². The van der Waals surface area contributed by atoms with Crippen molar-refractivity contribution in [3.8, 4) is 0 Å². The molecule has 0 aliphatic carbocycles. The molecule has 0 radical (unpaired) electrons. The van der Waals surface area contributed by atoms with Crippen LogP contribution in [0.1, 0.15) is 71.1 Å². The van der Waals surface area contributed by atoms with Gasteiger partial charge in [0.2, 0.25) is 0 Å². The minimum absolute atomic E-state index is 0.832. The zero-order valence-corrected chi connectivity index (χ0v) is 13.8. The molecule has 22 heavy (non-hydrogen) atoms. The second-order valence-corrected chi connectivity index (χ2v) is 5.94. The Morgan fingerprint density at radius 2 is 1.59 bits per heavy atom. The second-order valence-electron chi connectivity index (χ2n) is 5.94. The Bertz CT molecular complexity index is 522. The van der Waals surface area contributed by atoms with Crippen molar-refractivity contribution in [1.82, 2.24) is 19.6 Å². The summed E-state index contributed by atoms with van der Waals surface area (Å²) in [5, 5.41) is 0. The van der Waals surface area contributed by atoms with E-state index in [0.29, 0.717) is 0 Å². The van der Waals surface area contributed by atoms with Gasteiger partial charge >= 0.3 is 0 Å². The standard InChI is InChI=1S/C17H29N5/c1-2-3-4-5-6-7-8-9-10-11-12-21-22-15-20-16-13-18-14-19-17(16)22/h13-15,21H,2-12H2,1H3. The first kappa shape index (κ1) is 16.7. The van der Waals surface area contributed by atoms with Crippen LogP contribution in [0.3, 0.4) is 0 Å². The molecule has 0 saturated carbocycles. The fourth-order valence-corrected chi connectivity index (χ4v) is 2.69. The highest BCUT2D eigenvalue weighted by Crippen LogP contribution is 2.10. The first-order valence-electron chi connectivity index (χ1n) is 8.78. The van der Waals surface area contributed by atoms with E-state index in [1.54, 1.807) is 18.9 Å². The summed E-state index contributed by atoms with van der Waals surface area (Å²) >= 11 is 0. The SMILES string of the molecule is CCCCCCCCCCCCNn1cnc2cncnc21. The van der Waals surface area contributed by atoms with Crippen molar-refractivity contribution >= 4 is 11.2 Å². The summed E-state index contributed by atoms with van der Waals surface area (Å²) in [4.78, 5) is 12.5. The summed E-state index contributed by atoms with van der Waals surface area (Å²) in [5.41, 5.74) is 5.04. The number of unbranched alkanes of at least 4 members (excludes halogenated alkanes) is 9. The van der Waals surface area contributed by atoms with Crippen LogP contribution in [0.2, 0.25) is 0 Å². The van der Waals surface area contributed by atoms with Crippen LogP contribution in [-0.4, -0.2) is 26.2 Å². The zero-order valence-electron chi connectivity index (χ0n) is 13.8. The van der Waals surface area contributed by atoms with Gasteiger partial charge in [-0.15, -0.1) is 0 Å². The molecule has 0 aromatic carbocycles. The molecule has 122 valence electrons. The van der Waals surface area contributed by atoms with Gasteiger partial charge in [-0.05, 0) is 6.42 Å². The van der Waals surface area contributed by atoms with Crippen LogP contribution in [0.4, 0.5) is 0 Å². The predicted octanol–water partition coefficient (Wildman–Crippen LogP) is 4.29. The van der Waals surface area contributed by atoms with Crippen LogP contribution in [0, 0.1) is 0 Å². The first-order chi connectivity index (χ1) is 10.9. The first-order valence-corrected chi connectivity index (χ1v) is 8.78. The molecule has 0 spiro atoms. The van der Waals surface area contributed by atoms with Gasteiger partial charge < -0.3 is 5.43 Å². The summed E-state index contributed by atoms with van der Waals surface area (Å²) in [6.07, 6.45) is 18.7. The topological polar surface area (TPSA) is 55.6 Å². The van der Waals surface area contributed by atoms with E-state index in [4.69, 9.17) is 0 Å². The maximum atomic E-state index is 4.26. The number of nitrogens with zero attached hydrogens (tertiary/aromatic N) is 4. The number of hydrogen-bond acceptors (Lipinski definition) is 4. The number of hydrogen-bond donors (Lipinski definition) is 1. The van der Waals surface area contributed by atoms with Crippen LogP contribution in [-0.2, 0) is 0 Å². The molecule has 0 atom stereocenters. The molecule has 2 aromatic heterocycles. The highest BCUT2D eigenvalue weighted by molar-refractivity contribution is 5.69. The van der Waals surface area contributed by atoms with E-state index in [1.807, 2.05) is 4.68 Å². The lowest BCUT2D eigenvalue weighted by Crippen LogP contribution is -2.15. The molecule has 0 amide bonds. The van der Waals surface area contributed by atoms with E-state index in [2.05, 4.69) is 27.3 Å². The highest BCUT2D eigenvalue weighted by atomic mass is 15.4. The molecule has 2 aromatic rings. The summed E-state index contributed by atoms with van der Waals surface area (Å²) < 4.78 is 1.89. The van der Waals surface area contributed by atoms with Gasteiger partial charge in [0.1, 0.15) is 18.2 Å². The van der Waals surface area contributed by atoms with Crippen LogP contribution in [0.5, 0.6) is 0 Å². The number of aromatic nitrogens is 4. The van der Waals surface area contributed by atoms with Crippen molar-refractivity contribution in [1.29, 1.82) is 0 Å². The van der Waals surface area contributed by atoms with Gasteiger partial charge in [0, 0.05) is 6.54 Å². The number of imidazole rings is 1. The Morgan fingerprint density at radius 3 is 2.32 bits per heavy atom. The van der Waals surface area contributed by atoms with Gasteiger partial charge in [0.05, 0.1) is 6.20 Å². The lowest BCUT2D eigenvalue weighted by molar-refractivity contribution is 0.557. The molecule has 2 rings (SSSR count). The van der Waals surface area contributed by atoms with Gasteiger partial charge in [-0.3, -0.25) is 0 Å². The van der Waals surface area contributed by atoms with E-state index in [-0.39, 0.29) is 0 Å². The fourth-order valence-electron chi connectivity index (χ4n) is 2.69. The Hall–Kier alpha value is -1.65. The Kier molecular flexibility index (Phi) is 7.70. The second kappa shape index (κ2) is 10.1. The van der Waals surface area contributed by atoms with Crippen molar-refractivity contribution in [2.75, 3.05) is 12.0 Å². The van der Waals surface area contributed by atoms with E-state index in [1.165, 1.54) is 64.2 Å². The van der Waals surface area contributed by atoms with E-state index >= 15 is 0 Å². The lowest BCUT2D eigenvalue weighted by atomic mass is 10.1. The molecule has 5 nitrogen and oxygen atoms in total. The van der Waals surface area contributed by atoms with Gasteiger partial charge in [0.15, 0.2) is 5.65 Å². The molecule has 5 heteroatoms. The highest BCUT2D eigenvalue weighted by Gasteiger charge is 2.01. The van der Waals surface area contributed by atoms with Gasteiger partial charge in [-0.25, -0.2) is 19.6 Å². The average Bonchev–Trinajstić information content (AvgIpc) is 2.96. The fraction of sp³-hybridized carbons (Fsp3) is 0.706. The maximum absolute atomic E-state index is 4.26. The minimum Gasteiger partial charge on any atom is -0.323 e. The molecule has 0 saturated heterocycles. The largest absolute Gasteiger partial charge is 0.323 e. The molecule has 0 fully saturated rings.